The number of piperidine rings is 1. The molecule has 10 nitrogen and oxygen atoms in total. The van der Waals surface area contributed by atoms with Crippen LogP contribution < -0.4 is 16.0 Å². The maximum absolute atomic E-state index is 13.5. The molecule has 1 saturated carbocycles. The molecule has 0 spiro atoms. The summed E-state index contributed by atoms with van der Waals surface area (Å²) in [5.74, 6) is -6.36. The highest BCUT2D eigenvalue weighted by Gasteiger charge is 2.43. The Morgan fingerprint density at radius 2 is 1.61 bits per heavy atom. The number of likely N-dealkylation sites (tertiary alicyclic amines) is 1. The van der Waals surface area contributed by atoms with E-state index in [2.05, 4.69) is 16.0 Å². The first kappa shape index (κ1) is 29.4. The maximum atomic E-state index is 13.5. The van der Waals surface area contributed by atoms with Crippen LogP contribution in [0, 0.1) is 11.3 Å². The highest BCUT2D eigenvalue weighted by molar-refractivity contribution is 6.38. The van der Waals surface area contributed by atoms with Crippen molar-refractivity contribution in [3.63, 3.8) is 0 Å². The lowest BCUT2D eigenvalue weighted by molar-refractivity contribution is -0.148. The normalized spacial score (nSPS) is 22.2. The van der Waals surface area contributed by atoms with Crippen LogP contribution in [0.25, 0.3) is 0 Å². The van der Waals surface area contributed by atoms with Crippen LogP contribution in [0.1, 0.15) is 73.1 Å². The van der Waals surface area contributed by atoms with Gasteiger partial charge in [-0.3, -0.25) is 19.2 Å². The molecule has 4 amide bonds. The van der Waals surface area contributed by atoms with Gasteiger partial charge in [0.2, 0.25) is 23.5 Å². The summed E-state index contributed by atoms with van der Waals surface area (Å²) in [5.41, 5.74) is -0.802. The van der Waals surface area contributed by atoms with Gasteiger partial charge in [-0.05, 0) is 50.4 Å². The van der Waals surface area contributed by atoms with Crippen molar-refractivity contribution in [2.24, 2.45) is 11.3 Å². The van der Waals surface area contributed by atoms with Crippen molar-refractivity contribution >= 4 is 29.6 Å². The second-order valence-electron chi connectivity index (χ2n) is 11.2. The minimum Gasteiger partial charge on any atom is -0.465 e. The Labute approximate surface area is 209 Å². The first-order valence-corrected chi connectivity index (χ1v) is 12.3. The number of nitrogens with one attached hydrogen (secondary N) is 3. The number of carboxylic acid groups (broad SMARTS) is 1. The molecule has 4 atom stereocenters. The van der Waals surface area contributed by atoms with Crippen LogP contribution in [0.5, 0.6) is 0 Å². The number of Topliss-reactive ketones (excluding diaryl/α,β-unsaturated/α-hetero) is 1. The van der Waals surface area contributed by atoms with Crippen molar-refractivity contribution in [2.45, 2.75) is 103 Å². The molecule has 1 saturated heterocycles. The van der Waals surface area contributed by atoms with Crippen LogP contribution in [-0.4, -0.2) is 76.2 Å². The van der Waals surface area contributed by atoms with Gasteiger partial charge < -0.3 is 26.0 Å². The number of hydrogen-bond acceptors (Lipinski definition) is 5. The second-order valence-corrected chi connectivity index (χ2v) is 11.2. The molecule has 0 radical (unpaired) electrons. The number of carbonyl (C=O) groups is 5. The van der Waals surface area contributed by atoms with Gasteiger partial charge in [0.15, 0.2) is 0 Å². The fourth-order valence-corrected chi connectivity index (χ4v) is 4.18. The molecular weight excluding hydrogens is 478 g/mol. The van der Waals surface area contributed by atoms with Crippen LogP contribution >= 0.6 is 0 Å². The molecule has 0 aromatic heterocycles. The van der Waals surface area contributed by atoms with Crippen molar-refractivity contribution in [1.29, 1.82) is 0 Å². The monoisotopic (exact) mass is 516 g/mol. The van der Waals surface area contributed by atoms with Crippen LogP contribution in [0.15, 0.2) is 0 Å². The third-order valence-electron chi connectivity index (χ3n) is 6.43. The SMILES string of the molecule is CC1CCC(C(=O)NC(CCC(C)(F)F)C(=O)C(=O)NC2CC2)N(C(=O)C(NC(=O)O)C(C)(C)C)C1. The van der Waals surface area contributed by atoms with E-state index >= 15 is 0 Å². The lowest BCUT2D eigenvalue weighted by Gasteiger charge is -2.42. The van der Waals surface area contributed by atoms with Crippen molar-refractivity contribution in [1.82, 2.24) is 20.9 Å². The van der Waals surface area contributed by atoms with E-state index < -0.39 is 71.9 Å². The van der Waals surface area contributed by atoms with Crippen molar-refractivity contribution in [3.8, 4) is 0 Å². The molecule has 0 aromatic rings. The molecule has 2 fully saturated rings. The Morgan fingerprint density at radius 3 is 2.11 bits per heavy atom. The highest BCUT2D eigenvalue weighted by Crippen LogP contribution is 2.28. The standard InChI is InChI=1S/C24H38F2N4O6/c1-13-6-9-16(30(12-13)21(34)18(23(2,3)4)29-22(35)36)19(32)28-15(10-11-24(5,25)26)17(31)20(33)27-14-7-8-14/h13-16,18,29H,6-12H2,1-5H3,(H,27,33)(H,28,32)(H,35,36). The van der Waals surface area contributed by atoms with Crippen LogP contribution in [0.3, 0.4) is 0 Å². The average Bonchev–Trinajstić information content (AvgIpc) is 3.56. The zero-order valence-corrected chi connectivity index (χ0v) is 21.5. The van der Waals surface area contributed by atoms with Gasteiger partial charge in [-0.1, -0.05) is 27.7 Å². The Morgan fingerprint density at radius 1 is 1.00 bits per heavy atom. The summed E-state index contributed by atoms with van der Waals surface area (Å²) in [6.45, 7) is 7.82. The molecule has 0 aromatic carbocycles. The number of rotatable bonds is 10. The van der Waals surface area contributed by atoms with Gasteiger partial charge in [0.25, 0.3) is 5.91 Å². The molecule has 1 heterocycles. The van der Waals surface area contributed by atoms with E-state index in [1.807, 2.05) is 6.92 Å². The molecule has 2 rings (SSSR count). The van der Waals surface area contributed by atoms with Crippen LogP contribution in [-0.2, 0) is 19.2 Å². The smallest absolute Gasteiger partial charge is 0.405 e. The van der Waals surface area contributed by atoms with E-state index in [0.717, 1.165) is 12.8 Å². The largest absolute Gasteiger partial charge is 0.465 e. The second kappa shape index (κ2) is 11.5. The van der Waals surface area contributed by atoms with E-state index in [4.69, 9.17) is 0 Å². The number of ketones is 1. The summed E-state index contributed by atoms with van der Waals surface area (Å²) in [5, 5.41) is 16.4. The number of amides is 4. The third kappa shape index (κ3) is 8.70. The molecule has 204 valence electrons. The summed E-state index contributed by atoms with van der Waals surface area (Å²) in [4.78, 5) is 64.4. The predicted octanol–water partition coefficient (Wildman–Crippen LogP) is 2.06. The number of nitrogens with zero attached hydrogens (tertiary/aromatic N) is 1. The van der Waals surface area contributed by atoms with E-state index in [1.54, 1.807) is 20.8 Å². The molecule has 36 heavy (non-hydrogen) atoms. The first-order chi connectivity index (χ1) is 16.5. The molecule has 0 bridgehead atoms. The minimum atomic E-state index is -3.11. The average molecular weight is 517 g/mol. The zero-order chi connectivity index (χ0) is 27.4. The Hall–Kier alpha value is -2.79. The molecule has 12 heteroatoms. The Kier molecular flexibility index (Phi) is 9.41. The molecule has 1 aliphatic heterocycles. The lowest BCUT2D eigenvalue weighted by Crippen LogP contribution is -2.62. The Bertz CT molecular complexity index is 866. The van der Waals surface area contributed by atoms with Gasteiger partial charge >= 0.3 is 6.09 Å². The number of hydrogen-bond donors (Lipinski definition) is 4. The molecule has 2 aliphatic rings. The van der Waals surface area contributed by atoms with Crippen LogP contribution in [0.4, 0.5) is 13.6 Å². The van der Waals surface area contributed by atoms with Gasteiger partial charge in [-0.2, -0.15) is 0 Å². The molecule has 4 unspecified atom stereocenters. The topological polar surface area (TPSA) is 145 Å². The summed E-state index contributed by atoms with van der Waals surface area (Å²) in [7, 11) is 0. The number of carbonyl (C=O) groups excluding carboxylic acids is 4. The van der Waals surface area contributed by atoms with Crippen molar-refractivity contribution in [2.75, 3.05) is 6.54 Å². The predicted molar refractivity (Wildman–Crippen MR) is 126 cm³/mol. The van der Waals surface area contributed by atoms with E-state index in [-0.39, 0.29) is 24.9 Å². The Balaban J connectivity index is 2.25. The summed E-state index contributed by atoms with van der Waals surface area (Å²) >= 11 is 0. The van der Waals surface area contributed by atoms with Gasteiger partial charge in [-0.15, -0.1) is 0 Å². The van der Waals surface area contributed by atoms with Gasteiger partial charge in [0.1, 0.15) is 12.1 Å². The summed E-state index contributed by atoms with van der Waals surface area (Å²) in [6.07, 6.45) is -0.292. The molecular formula is C24H38F2N4O6. The van der Waals surface area contributed by atoms with Crippen molar-refractivity contribution in [3.05, 3.63) is 0 Å². The fraction of sp³-hybridized carbons (Fsp3) is 0.792. The zero-order valence-electron chi connectivity index (χ0n) is 21.5. The summed E-state index contributed by atoms with van der Waals surface area (Å²) in [6, 6.07) is -3.79. The fourth-order valence-electron chi connectivity index (χ4n) is 4.18. The van der Waals surface area contributed by atoms with Gasteiger partial charge in [0.05, 0.1) is 6.04 Å². The maximum Gasteiger partial charge on any atom is 0.405 e. The van der Waals surface area contributed by atoms with E-state index in [1.165, 1.54) is 4.90 Å². The molecule has 1 aliphatic carbocycles. The summed E-state index contributed by atoms with van der Waals surface area (Å²) < 4.78 is 27.1. The lowest BCUT2D eigenvalue weighted by atomic mass is 9.84. The van der Waals surface area contributed by atoms with Crippen molar-refractivity contribution < 1.29 is 37.9 Å². The van der Waals surface area contributed by atoms with Crippen LogP contribution in [0.2, 0.25) is 0 Å². The quantitative estimate of drug-likeness (QED) is 0.327. The third-order valence-corrected chi connectivity index (χ3v) is 6.43. The first-order valence-electron chi connectivity index (χ1n) is 12.3. The van der Waals surface area contributed by atoms with E-state index in [9.17, 15) is 37.9 Å². The minimum absolute atomic E-state index is 0.0315. The van der Waals surface area contributed by atoms with Gasteiger partial charge in [0, 0.05) is 19.0 Å². The molecule has 4 N–H and O–H groups in total. The number of alkyl halides is 2. The van der Waals surface area contributed by atoms with Gasteiger partial charge in [-0.25, -0.2) is 13.6 Å². The number of halogens is 2. The van der Waals surface area contributed by atoms with E-state index in [0.29, 0.717) is 13.3 Å². The highest BCUT2D eigenvalue weighted by atomic mass is 19.3.